The Morgan fingerprint density at radius 2 is 1.83 bits per heavy atom. The Labute approximate surface area is 138 Å². The van der Waals surface area contributed by atoms with Crippen molar-refractivity contribution in [3.05, 3.63) is 29.8 Å². The molecule has 24 heavy (non-hydrogen) atoms. The molecule has 1 atom stereocenters. The minimum Gasteiger partial charge on any atom is -0.368 e. The number of amides is 3. The normalized spacial score (nSPS) is 21.0. The molecule has 2 fully saturated rings. The van der Waals surface area contributed by atoms with Crippen LogP contribution in [0.3, 0.4) is 0 Å². The lowest BCUT2D eigenvalue weighted by Gasteiger charge is -2.35. The second kappa shape index (κ2) is 7.12. The van der Waals surface area contributed by atoms with Crippen LogP contribution in [0.5, 0.6) is 0 Å². The maximum Gasteiger partial charge on any atom is 0.322 e. The Hall–Kier alpha value is -2.22. The van der Waals surface area contributed by atoms with Gasteiger partial charge in [-0.05, 0) is 25.0 Å². The van der Waals surface area contributed by atoms with Crippen LogP contribution in [0.25, 0.3) is 0 Å². The Bertz CT molecular complexity index is 627. The summed E-state index contributed by atoms with van der Waals surface area (Å²) in [6, 6.07) is 3.10. The molecule has 1 aromatic rings. The van der Waals surface area contributed by atoms with Gasteiger partial charge in [0.1, 0.15) is 6.10 Å². The highest BCUT2D eigenvalue weighted by Crippen LogP contribution is 2.18. The van der Waals surface area contributed by atoms with Crippen molar-refractivity contribution in [2.24, 2.45) is 0 Å². The average Bonchev–Trinajstić information content (AvgIpc) is 3.13. The van der Waals surface area contributed by atoms with E-state index in [4.69, 9.17) is 4.74 Å². The molecule has 3 amide bonds. The molecule has 0 aliphatic carbocycles. The molecule has 2 saturated heterocycles. The van der Waals surface area contributed by atoms with Gasteiger partial charge < -0.3 is 19.9 Å². The number of ether oxygens (including phenoxy) is 1. The summed E-state index contributed by atoms with van der Waals surface area (Å²) in [6.45, 7) is 2.08. The van der Waals surface area contributed by atoms with Crippen LogP contribution in [-0.4, -0.2) is 60.6 Å². The van der Waals surface area contributed by atoms with Gasteiger partial charge in [0.25, 0.3) is 5.91 Å². The van der Waals surface area contributed by atoms with Gasteiger partial charge in [-0.15, -0.1) is 0 Å². The van der Waals surface area contributed by atoms with Crippen molar-refractivity contribution >= 4 is 17.6 Å². The van der Waals surface area contributed by atoms with Crippen LogP contribution < -0.4 is 5.32 Å². The molecule has 0 bridgehead atoms. The number of nitrogens with one attached hydrogen (secondary N) is 1. The first-order valence-corrected chi connectivity index (χ1v) is 7.96. The summed E-state index contributed by atoms with van der Waals surface area (Å²) in [7, 11) is 0. The number of urea groups is 1. The van der Waals surface area contributed by atoms with Gasteiger partial charge in [0.15, 0.2) is 11.6 Å². The van der Waals surface area contributed by atoms with E-state index < -0.39 is 17.7 Å². The topological polar surface area (TPSA) is 61.9 Å². The zero-order chi connectivity index (χ0) is 17.1. The van der Waals surface area contributed by atoms with Crippen molar-refractivity contribution in [3.8, 4) is 0 Å². The Morgan fingerprint density at radius 1 is 1.12 bits per heavy atom. The molecular weight excluding hydrogens is 320 g/mol. The van der Waals surface area contributed by atoms with E-state index in [2.05, 4.69) is 5.32 Å². The molecule has 2 aliphatic heterocycles. The number of carbonyl (C=O) groups excluding carboxylic acids is 2. The molecule has 3 rings (SSSR count). The fourth-order valence-electron chi connectivity index (χ4n) is 2.90. The maximum atomic E-state index is 13.6. The molecule has 8 heteroatoms. The van der Waals surface area contributed by atoms with Gasteiger partial charge in [-0.3, -0.25) is 4.79 Å². The molecule has 0 aromatic heterocycles. The zero-order valence-corrected chi connectivity index (χ0v) is 13.1. The van der Waals surface area contributed by atoms with Gasteiger partial charge in [-0.1, -0.05) is 6.07 Å². The van der Waals surface area contributed by atoms with Crippen molar-refractivity contribution in [3.63, 3.8) is 0 Å². The summed E-state index contributed by atoms with van der Waals surface area (Å²) in [5.74, 6) is -2.14. The van der Waals surface area contributed by atoms with Gasteiger partial charge in [0.2, 0.25) is 0 Å². The second-order valence-corrected chi connectivity index (χ2v) is 5.85. The van der Waals surface area contributed by atoms with Crippen molar-refractivity contribution in [2.75, 3.05) is 38.1 Å². The highest BCUT2D eigenvalue weighted by Gasteiger charge is 2.31. The highest BCUT2D eigenvalue weighted by molar-refractivity contribution is 5.89. The van der Waals surface area contributed by atoms with Crippen molar-refractivity contribution in [1.29, 1.82) is 0 Å². The fraction of sp³-hybridized carbons (Fsp3) is 0.500. The zero-order valence-electron chi connectivity index (χ0n) is 13.1. The predicted molar refractivity (Wildman–Crippen MR) is 82.5 cm³/mol. The lowest BCUT2D eigenvalue weighted by Crippen LogP contribution is -2.53. The lowest BCUT2D eigenvalue weighted by atomic mass is 10.2. The van der Waals surface area contributed by atoms with E-state index in [9.17, 15) is 18.4 Å². The smallest absolute Gasteiger partial charge is 0.322 e. The quantitative estimate of drug-likeness (QED) is 0.894. The van der Waals surface area contributed by atoms with Gasteiger partial charge in [0, 0.05) is 32.8 Å². The molecule has 1 aromatic carbocycles. The third-order valence-electron chi connectivity index (χ3n) is 4.28. The molecule has 1 unspecified atom stereocenters. The number of nitrogens with zero attached hydrogens (tertiary/aromatic N) is 2. The largest absolute Gasteiger partial charge is 0.368 e. The monoisotopic (exact) mass is 339 g/mol. The van der Waals surface area contributed by atoms with E-state index in [1.807, 2.05) is 0 Å². The summed E-state index contributed by atoms with van der Waals surface area (Å²) in [5.41, 5.74) is -0.196. The van der Waals surface area contributed by atoms with Crippen molar-refractivity contribution < 1.29 is 23.1 Å². The third-order valence-corrected chi connectivity index (χ3v) is 4.28. The molecule has 6 nitrogen and oxygen atoms in total. The first-order chi connectivity index (χ1) is 11.6. The van der Waals surface area contributed by atoms with Crippen LogP contribution in [-0.2, 0) is 9.53 Å². The number of hydrogen-bond acceptors (Lipinski definition) is 3. The number of anilines is 1. The number of rotatable bonds is 2. The van der Waals surface area contributed by atoms with E-state index in [0.717, 1.165) is 18.9 Å². The van der Waals surface area contributed by atoms with Crippen molar-refractivity contribution in [2.45, 2.75) is 18.9 Å². The van der Waals surface area contributed by atoms with E-state index >= 15 is 0 Å². The van der Waals surface area contributed by atoms with E-state index in [0.29, 0.717) is 32.8 Å². The minimum absolute atomic E-state index is 0.0382. The summed E-state index contributed by atoms with van der Waals surface area (Å²) in [4.78, 5) is 27.6. The molecule has 0 saturated carbocycles. The number of hydrogen-bond donors (Lipinski definition) is 1. The highest BCUT2D eigenvalue weighted by atomic mass is 19.2. The first kappa shape index (κ1) is 16.6. The standard InChI is InChI=1S/C16H19F2N3O3/c17-11-3-1-4-12(14(11)18)19-16(23)21-8-6-20(7-9-21)15(22)13-5-2-10-24-13/h1,3-4,13H,2,5-10H2,(H,19,23). The number of carbonyl (C=O) groups is 2. The molecule has 2 heterocycles. The van der Waals surface area contributed by atoms with Gasteiger partial charge in [-0.25, -0.2) is 13.6 Å². The molecule has 1 N–H and O–H groups in total. The van der Waals surface area contributed by atoms with Crippen LogP contribution >= 0.6 is 0 Å². The number of piperazine rings is 1. The Kier molecular flexibility index (Phi) is 4.94. The van der Waals surface area contributed by atoms with Gasteiger partial charge >= 0.3 is 6.03 Å². The molecule has 2 aliphatic rings. The van der Waals surface area contributed by atoms with Crippen LogP contribution in [0.15, 0.2) is 18.2 Å². The molecule has 0 radical (unpaired) electrons. The van der Waals surface area contributed by atoms with Crippen molar-refractivity contribution in [1.82, 2.24) is 9.80 Å². The summed E-state index contributed by atoms with van der Waals surface area (Å²) in [6.07, 6.45) is 1.25. The predicted octanol–water partition coefficient (Wildman–Crippen LogP) is 1.82. The second-order valence-electron chi connectivity index (χ2n) is 5.85. The van der Waals surface area contributed by atoms with Crippen LogP contribution in [0.1, 0.15) is 12.8 Å². The fourth-order valence-corrected chi connectivity index (χ4v) is 2.90. The molecular formula is C16H19F2N3O3. The van der Waals surface area contributed by atoms with E-state index in [-0.39, 0.29) is 17.7 Å². The summed E-state index contributed by atoms with van der Waals surface area (Å²) >= 11 is 0. The molecule has 130 valence electrons. The maximum absolute atomic E-state index is 13.6. The first-order valence-electron chi connectivity index (χ1n) is 7.96. The SMILES string of the molecule is O=C(Nc1cccc(F)c1F)N1CCN(C(=O)C2CCCO2)CC1. The summed E-state index contributed by atoms with van der Waals surface area (Å²) in [5, 5.41) is 2.36. The number of halogens is 2. The van der Waals surface area contributed by atoms with Gasteiger partial charge in [0.05, 0.1) is 5.69 Å². The Balaban J connectivity index is 1.53. The van der Waals surface area contributed by atoms with Crippen LogP contribution in [0, 0.1) is 11.6 Å². The van der Waals surface area contributed by atoms with Crippen LogP contribution in [0.4, 0.5) is 19.3 Å². The van der Waals surface area contributed by atoms with Crippen LogP contribution in [0.2, 0.25) is 0 Å². The van der Waals surface area contributed by atoms with E-state index in [1.54, 1.807) is 4.90 Å². The number of benzene rings is 1. The van der Waals surface area contributed by atoms with E-state index in [1.165, 1.54) is 17.0 Å². The third kappa shape index (κ3) is 3.48. The van der Waals surface area contributed by atoms with Gasteiger partial charge in [-0.2, -0.15) is 0 Å². The summed E-state index contributed by atoms with van der Waals surface area (Å²) < 4.78 is 32.1. The molecule has 0 spiro atoms. The Morgan fingerprint density at radius 3 is 2.50 bits per heavy atom. The lowest BCUT2D eigenvalue weighted by molar-refractivity contribution is -0.142. The minimum atomic E-state index is -1.09. The average molecular weight is 339 g/mol.